The second-order valence-electron chi connectivity index (χ2n) is 5.01. The van der Waals surface area contributed by atoms with E-state index in [1.165, 1.54) is 14.2 Å². The number of nitrogens with zero attached hydrogens (tertiary/aromatic N) is 2. The van der Waals surface area contributed by atoms with Crippen LogP contribution in [0.3, 0.4) is 0 Å². The summed E-state index contributed by atoms with van der Waals surface area (Å²) in [6.07, 6.45) is 0. The Morgan fingerprint density at radius 1 is 1.12 bits per heavy atom. The van der Waals surface area contributed by atoms with Gasteiger partial charge in [0.2, 0.25) is 0 Å². The lowest BCUT2D eigenvalue weighted by Gasteiger charge is -2.09. The van der Waals surface area contributed by atoms with Crippen LogP contribution in [-0.2, 0) is 0 Å². The topological polar surface area (TPSA) is 91.2 Å². The first kappa shape index (κ1) is 15.4. The molecule has 0 atom stereocenters. The predicted octanol–water partition coefficient (Wildman–Crippen LogP) is 3.53. The number of rotatable bonds is 4. The van der Waals surface area contributed by atoms with E-state index in [9.17, 15) is 10.4 Å². The predicted molar refractivity (Wildman–Crippen MR) is 90.7 cm³/mol. The highest BCUT2D eigenvalue weighted by Crippen LogP contribution is 2.32. The molecule has 1 heterocycles. The van der Waals surface area contributed by atoms with E-state index in [-0.39, 0.29) is 11.3 Å². The van der Waals surface area contributed by atoms with Crippen molar-refractivity contribution in [3.63, 3.8) is 0 Å². The van der Waals surface area contributed by atoms with Crippen molar-refractivity contribution < 1.29 is 14.6 Å². The van der Waals surface area contributed by atoms with Gasteiger partial charge in [-0.05, 0) is 30.3 Å². The highest BCUT2D eigenvalue weighted by molar-refractivity contribution is 5.94. The Bertz CT molecular complexity index is 934. The number of imidazole rings is 1. The van der Waals surface area contributed by atoms with Crippen LogP contribution in [0.4, 0.5) is 0 Å². The Morgan fingerprint density at radius 3 is 2.54 bits per heavy atom. The number of aromatic nitrogens is 2. The highest BCUT2D eigenvalue weighted by atomic mass is 16.5. The van der Waals surface area contributed by atoms with Crippen molar-refractivity contribution in [1.29, 1.82) is 5.26 Å². The van der Waals surface area contributed by atoms with Crippen LogP contribution in [0, 0.1) is 11.3 Å². The maximum Gasteiger partial charge on any atom is 0.161 e. The average molecular weight is 321 g/mol. The zero-order valence-corrected chi connectivity index (χ0v) is 13.2. The summed E-state index contributed by atoms with van der Waals surface area (Å²) >= 11 is 0. The molecule has 0 fully saturated rings. The molecular formula is C18H15N3O3. The summed E-state index contributed by atoms with van der Waals surface area (Å²) in [6.45, 7) is 0. The number of nitriles is 1. The fraction of sp³-hybridized carbons (Fsp3) is 0.111. The van der Waals surface area contributed by atoms with Crippen molar-refractivity contribution >= 4 is 22.4 Å². The molecule has 0 aliphatic rings. The number of benzene rings is 2. The summed E-state index contributed by atoms with van der Waals surface area (Å²) in [5.74, 6) is 1.13. The molecule has 24 heavy (non-hydrogen) atoms. The molecule has 0 aliphatic heterocycles. The summed E-state index contributed by atoms with van der Waals surface area (Å²) < 4.78 is 10.4. The van der Waals surface area contributed by atoms with Gasteiger partial charge < -0.3 is 19.6 Å². The van der Waals surface area contributed by atoms with Crippen LogP contribution in [0.5, 0.6) is 11.5 Å². The average Bonchev–Trinajstić information content (AvgIpc) is 3.05. The molecular weight excluding hydrogens is 306 g/mol. The zero-order valence-electron chi connectivity index (χ0n) is 13.2. The van der Waals surface area contributed by atoms with Crippen molar-refractivity contribution in [3.05, 3.63) is 53.9 Å². The Morgan fingerprint density at radius 2 is 1.88 bits per heavy atom. The van der Waals surface area contributed by atoms with Crippen molar-refractivity contribution in [1.82, 2.24) is 9.97 Å². The van der Waals surface area contributed by atoms with E-state index in [2.05, 4.69) is 9.97 Å². The number of aliphatic hydroxyl groups is 1. The Kier molecular flexibility index (Phi) is 4.08. The zero-order chi connectivity index (χ0) is 17.1. The van der Waals surface area contributed by atoms with Gasteiger partial charge in [0.05, 0.1) is 25.3 Å². The number of aromatic amines is 1. The quantitative estimate of drug-likeness (QED) is 0.566. The van der Waals surface area contributed by atoms with E-state index in [1.807, 2.05) is 30.3 Å². The van der Waals surface area contributed by atoms with Gasteiger partial charge in [-0.3, -0.25) is 0 Å². The molecule has 0 saturated carbocycles. The third kappa shape index (κ3) is 2.63. The van der Waals surface area contributed by atoms with Crippen LogP contribution < -0.4 is 9.47 Å². The van der Waals surface area contributed by atoms with Gasteiger partial charge in [0.25, 0.3) is 0 Å². The third-order valence-electron chi connectivity index (χ3n) is 3.63. The van der Waals surface area contributed by atoms with E-state index >= 15 is 0 Å². The van der Waals surface area contributed by atoms with Crippen molar-refractivity contribution in [2.24, 2.45) is 0 Å². The van der Waals surface area contributed by atoms with Gasteiger partial charge in [-0.25, -0.2) is 4.98 Å². The fourth-order valence-corrected chi connectivity index (χ4v) is 2.42. The summed E-state index contributed by atoms with van der Waals surface area (Å²) in [7, 11) is 3.04. The molecule has 3 aromatic rings. The highest BCUT2D eigenvalue weighted by Gasteiger charge is 2.16. The van der Waals surface area contributed by atoms with Gasteiger partial charge in [-0.2, -0.15) is 5.26 Å². The van der Waals surface area contributed by atoms with Crippen molar-refractivity contribution in [2.75, 3.05) is 14.2 Å². The number of methoxy groups -OCH3 is 2. The summed E-state index contributed by atoms with van der Waals surface area (Å²) in [5, 5.41) is 20.0. The Balaban J connectivity index is 2.12. The van der Waals surface area contributed by atoms with Crippen LogP contribution in [0.1, 0.15) is 11.4 Å². The first-order valence-corrected chi connectivity index (χ1v) is 7.18. The molecule has 0 spiro atoms. The number of ether oxygens (including phenoxy) is 2. The van der Waals surface area contributed by atoms with E-state index in [4.69, 9.17) is 9.47 Å². The number of para-hydroxylation sites is 2. The number of hydrogen-bond acceptors (Lipinski definition) is 5. The van der Waals surface area contributed by atoms with Gasteiger partial charge in [0.1, 0.15) is 17.4 Å². The molecule has 0 unspecified atom stereocenters. The lowest BCUT2D eigenvalue weighted by atomic mass is 10.1. The lowest BCUT2D eigenvalue weighted by Crippen LogP contribution is -1.95. The first-order chi connectivity index (χ1) is 11.7. The fourth-order valence-electron chi connectivity index (χ4n) is 2.42. The molecule has 120 valence electrons. The lowest BCUT2D eigenvalue weighted by molar-refractivity contribution is 0.354. The second kappa shape index (κ2) is 6.34. The molecule has 6 heteroatoms. The van der Waals surface area contributed by atoms with E-state index in [0.717, 1.165) is 11.0 Å². The molecule has 0 radical (unpaired) electrons. The molecule has 0 saturated heterocycles. The van der Waals surface area contributed by atoms with Crippen LogP contribution in [0.2, 0.25) is 0 Å². The molecule has 0 aliphatic carbocycles. The molecule has 0 amide bonds. The number of aliphatic hydroxyl groups excluding tert-OH is 1. The monoisotopic (exact) mass is 321 g/mol. The number of fused-ring (bicyclic) bond motifs is 1. The van der Waals surface area contributed by atoms with Crippen molar-refractivity contribution in [3.8, 4) is 17.6 Å². The van der Waals surface area contributed by atoms with Crippen molar-refractivity contribution in [2.45, 2.75) is 0 Å². The van der Waals surface area contributed by atoms with Gasteiger partial charge in [0, 0.05) is 5.56 Å². The molecule has 6 nitrogen and oxygen atoms in total. The smallest absolute Gasteiger partial charge is 0.161 e. The standard InChI is InChI=1S/C18H15N3O3/c1-23-15-8-7-11(9-16(15)24-2)17(22)12(10-19)18-20-13-5-3-4-6-14(13)21-18/h3-9,22H,1-2H3,(H,20,21)/b17-12-. The van der Waals surface area contributed by atoms with Crippen LogP contribution in [-0.4, -0.2) is 29.3 Å². The Labute approximate surface area is 138 Å². The van der Waals surface area contributed by atoms with Crippen LogP contribution in [0.25, 0.3) is 22.4 Å². The van der Waals surface area contributed by atoms with E-state index in [0.29, 0.717) is 22.9 Å². The minimum atomic E-state index is -0.183. The largest absolute Gasteiger partial charge is 0.506 e. The van der Waals surface area contributed by atoms with E-state index < -0.39 is 0 Å². The first-order valence-electron chi connectivity index (χ1n) is 7.18. The minimum absolute atomic E-state index is 0.0541. The third-order valence-corrected chi connectivity index (χ3v) is 3.63. The second-order valence-corrected chi connectivity index (χ2v) is 5.01. The maximum atomic E-state index is 10.5. The summed E-state index contributed by atoms with van der Waals surface area (Å²) in [5.41, 5.74) is 2.00. The number of H-pyrrole nitrogens is 1. The minimum Gasteiger partial charge on any atom is -0.506 e. The summed E-state index contributed by atoms with van der Waals surface area (Å²) in [4.78, 5) is 7.40. The molecule has 2 N–H and O–H groups in total. The van der Waals surface area contributed by atoms with Gasteiger partial charge in [-0.1, -0.05) is 12.1 Å². The van der Waals surface area contributed by atoms with Gasteiger partial charge in [-0.15, -0.1) is 0 Å². The van der Waals surface area contributed by atoms with E-state index in [1.54, 1.807) is 18.2 Å². The van der Waals surface area contributed by atoms with Gasteiger partial charge >= 0.3 is 0 Å². The Hall–Kier alpha value is -3.46. The van der Waals surface area contributed by atoms with Crippen LogP contribution in [0.15, 0.2) is 42.5 Å². The molecule has 2 aromatic carbocycles. The normalized spacial score (nSPS) is 11.7. The van der Waals surface area contributed by atoms with Gasteiger partial charge in [0.15, 0.2) is 17.3 Å². The van der Waals surface area contributed by atoms with Crippen LogP contribution >= 0.6 is 0 Å². The molecule has 3 rings (SSSR count). The number of hydrogen-bond donors (Lipinski definition) is 2. The number of nitrogens with one attached hydrogen (secondary N) is 1. The SMILES string of the molecule is COc1ccc(/C(O)=C(\C#N)c2nc3ccccc3[nH]2)cc1OC. The summed E-state index contributed by atoms with van der Waals surface area (Å²) in [6, 6.07) is 14.3. The molecule has 0 bridgehead atoms. The maximum absolute atomic E-state index is 10.5. The number of allylic oxidation sites excluding steroid dienone is 1. The molecule has 1 aromatic heterocycles.